The van der Waals surface area contributed by atoms with Crippen LogP contribution in [0.2, 0.25) is 0 Å². The van der Waals surface area contributed by atoms with E-state index in [1.807, 2.05) is 16.7 Å². The van der Waals surface area contributed by atoms with E-state index in [4.69, 9.17) is 4.74 Å². The standard InChI is InChI=1S/C18H31N3O3/c1-14-17(19-8-13-24-14)18(23)21-11-9-20(10-12-21)16(22)7-6-15-4-2-3-5-15/h14-15,17,19H,2-13H2,1H3/t14-,17+/m1/s1. The SMILES string of the molecule is C[C@H]1OCCN[C@@H]1C(=O)N1CCN(C(=O)CCC2CCCC2)CC1. The van der Waals surface area contributed by atoms with Gasteiger partial charge in [-0.2, -0.15) is 0 Å². The Balaban J connectivity index is 1.41. The lowest BCUT2D eigenvalue weighted by Crippen LogP contribution is -2.60. The molecule has 0 aromatic heterocycles. The van der Waals surface area contributed by atoms with E-state index >= 15 is 0 Å². The lowest BCUT2D eigenvalue weighted by atomic mass is 10.0. The number of amides is 2. The molecule has 0 bridgehead atoms. The van der Waals surface area contributed by atoms with Crippen molar-refractivity contribution in [2.45, 2.75) is 57.6 Å². The zero-order valence-corrected chi connectivity index (χ0v) is 14.8. The third-order valence-electron chi connectivity index (χ3n) is 5.77. The average molecular weight is 337 g/mol. The summed E-state index contributed by atoms with van der Waals surface area (Å²) in [6.07, 6.45) is 6.88. The van der Waals surface area contributed by atoms with Gasteiger partial charge in [-0.3, -0.25) is 9.59 Å². The van der Waals surface area contributed by atoms with Crippen LogP contribution in [0.4, 0.5) is 0 Å². The fourth-order valence-electron chi connectivity index (χ4n) is 4.17. The maximum absolute atomic E-state index is 12.6. The molecule has 2 heterocycles. The van der Waals surface area contributed by atoms with Gasteiger partial charge in [0.25, 0.3) is 0 Å². The highest BCUT2D eigenvalue weighted by Gasteiger charge is 2.33. The molecule has 24 heavy (non-hydrogen) atoms. The number of ether oxygens (including phenoxy) is 1. The van der Waals surface area contributed by atoms with Gasteiger partial charge in [-0.25, -0.2) is 0 Å². The molecule has 1 saturated carbocycles. The first kappa shape index (κ1) is 17.7. The Morgan fingerprint density at radius 2 is 1.75 bits per heavy atom. The predicted molar refractivity (Wildman–Crippen MR) is 91.6 cm³/mol. The molecule has 136 valence electrons. The van der Waals surface area contributed by atoms with Gasteiger partial charge < -0.3 is 19.9 Å². The summed E-state index contributed by atoms with van der Waals surface area (Å²) < 4.78 is 5.57. The second-order valence-corrected chi connectivity index (χ2v) is 7.40. The number of hydrogen-bond acceptors (Lipinski definition) is 4. The summed E-state index contributed by atoms with van der Waals surface area (Å²) in [5.74, 6) is 1.14. The van der Waals surface area contributed by atoms with Crippen molar-refractivity contribution in [2.75, 3.05) is 39.3 Å². The monoisotopic (exact) mass is 337 g/mol. The first-order valence-corrected chi connectivity index (χ1v) is 9.56. The highest BCUT2D eigenvalue weighted by molar-refractivity contribution is 5.83. The van der Waals surface area contributed by atoms with Crippen LogP contribution in [0.15, 0.2) is 0 Å². The van der Waals surface area contributed by atoms with Crippen LogP contribution in [-0.4, -0.2) is 73.1 Å². The van der Waals surface area contributed by atoms with Crippen molar-refractivity contribution < 1.29 is 14.3 Å². The molecule has 2 amide bonds. The zero-order chi connectivity index (χ0) is 16.9. The van der Waals surface area contributed by atoms with Gasteiger partial charge in [0.2, 0.25) is 11.8 Å². The number of rotatable bonds is 4. The summed E-state index contributed by atoms with van der Waals surface area (Å²) in [4.78, 5) is 28.8. The Morgan fingerprint density at radius 3 is 2.42 bits per heavy atom. The van der Waals surface area contributed by atoms with E-state index in [9.17, 15) is 9.59 Å². The topological polar surface area (TPSA) is 61.9 Å². The zero-order valence-electron chi connectivity index (χ0n) is 14.8. The van der Waals surface area contributed by atoms with Crippen molar-refractivity contribution in [2.24, 2.45) is 5.92 Å². The van der Waals surface area contributed by atoms with E-state index < -0.39 is 0 Å². The number of carbonyl (C=O) groups is 2. The van der Waals surface area contributed by atoms with Gasteiger partial charge in [0, 0.05) is 39.1 Å². The number of morpholine rings is 1. The van der Waals surface area contributed by atoms with E-state index in [-0.39, 0.29) is 24.0 Å². The minimum atomic E-state index is -0.247. The molecule has 0 unspecified atom stereocenters. The molecule has 1 aliphatic carbocycles. The molecule has 2 aliphatic heterocycles. The highest BCUT2D eigenvalue weighted by Crippen LogP contribution is 2.28. The first-order chi connectivity index (χ1) is 11.6. The van der Waals surface area contributed by atoms with Crippen molar-refractivity contribution in [1.29, 1.82) is 0 Å². The van der Waals surface area contributed by atoms with Gasteiger partial charge >= 0.3 is 0 Å². The Morgan fingerprint density at radius 1 is 1.08 bits per heavy atom. The average Bonchev–Trinajstić information content (AvgIpc) is 3.13. The largest absolute Gasteiger partial charge is 0.375 e. The van der Waals surface area contributed by atoms with Crippen molar-refractivity contribution in [3.8, 4) is 0 Å². The van der Waals surface area contributed by atoms with Crippen LogP contribution in [0.3, 0.4) is 0 Å². The molecule has 3 fully saturated rings. The summed E-state index contributed by atoms with van der Waals surface area (Å²) in [6.45, 7) is 5.93. The van der Waals surface area contributed by atoms with E-state index in [1.54, 1.807) is 0 Å². The Kier molecular flexibility index (Phi) is 6.11. The van der Waals surface area contributed by atoms with Gasteiger partial charge in [0.15, 0.2) is 0 Å². The van der Waals surface area contributed by atoms with Crippen molar-refractivity contribution in [3.05, 3.63) is 0 Å². The van der Waals surface area contributed by atoms with E-state index in [2.05, 4.69) is 5.32 Å². The molecule has 3 rings (SSSR count). The molecule has 6 nitrogen and oxygen atoms in total. The molecule has 0 spiro atoms. The molecule has 0 radical (unpaired) electrons. The van der Waals surface area contributed by atoms with Crippen LogP contribution in [-0.2, 0) is 14.3 Å². The Bertz CT molecular complexity index is 443. The maximum atomic E-state index is 12.6. The molecule has 1 N–H and O–H groups in total. The van der Waals surface area contributed by atoms with Crippen LogP contribution < -0.4 is 5.32 Å². The lowest BCUT2D eigenvalue weighted by Gasteiger charge is -2.39. The van der Waals surface area contributed by atoms with E-state index in [0.29, 0.717) is 39.2 Å². The van der Waals surface area contributed by atoms with Crippen LogP contribution in [0.5, 0.6) is 0 Å². The minimum absolute atomic E-state index is 0.0858. The second kappa shape index (κ2) is 8.30. The van der Waals surface area contributed by atoms with Crippen molar-refractivity contribution >= 4 is 11.8 Å². The van der Waals surface area contributed by atoms with Gasteiger partial charge in [0.1, 0.15) is 6.04 Å². The molecular formula is C18H31N3O3. The lowest BCUT2D eigenvalue weighted by molar-refractivity contribution is -0.145. The molecule has 0 aromatic rings. The number of nitrogens with zero attached hydrogens (tertiary/aromatic N) is 2. The van der Waals surface area contributed by atoms with Crippen LogP contribution >= 0.6 is 0 Å². The maximum Gasteiger partial charge on any atom is 0.242 e. The third kappa shape index (κ3) is 4.28. The minimum Gasteiger partial charge on any atom is -0.375 e. The Labute approximate surface area is 144 Å². The molecule has 2 saturated heterocycles. The van der Waals surface area contributed by atoms with Gasteiger partial charge in [-0.15, -0.1) is 0 Å². The summed E-state index contributed by atoms with van der Waals surface area (Å²) in [5, 5.41) is 3.25. The summed E-state index contributed by atoms with van der Waals surface area (Å²) in [5.41, 5.74) is 0. The Hall–Kier alpha value is -1.14. The molecule has 3 aliphatic rings. The molecule has 6 heteroatoms. The van der Waals surface area contributed by atoms with E-state index in [1.165, 1.54) is 25.7 Å². The van der Waals surface area contributed by atoms with E-state index in [0.717, 1.165) is 18.9 Å². The number of hydrogen-bond donors (Lipinski definition) is 1. The molecule has 0 aromatic carbocycles. The number of nitrogens with one attached hydrogen (secondary N) is 1. The van der Waals surface area contributed by atoms with Crippen LogP contribution in [0, 0.1) is 5.92 Å². The fraction of sp³-hybridized carbons (Fsp3) is 0.889. The smallest absolute Gasteiger partial charge is 0.242 e. The van der Waals surface area contributed by atoms with Crippen LogP contribution in [0.1, 0.15) is 45.4 Å². The first-order valence-electron chi connectivity index (χ1n) is 9.56. The van der Waals surface area contributed by atoms with Crippen LogP contribution in [0.25, 0.3) is 0 Å². The summed E-state index contributed by atoms with van der Waals surface area (Å²) in [7, 11) is 0. The van der Waals surface area contributed by atoms with Gasteiger partial charge in [-0.1, -0.05) is 25.7 Å². The highest BCUT2D eigenvalue weighted by atomic mass is 16.5. The summed E-state index contributed by atoms with van der Waals surface area (Å²) >= 11 is 0. The van der Waals surface area contributed by atoms with Crippen molar-refractivity contribution in [1.82, 2.24) is 15.1 Å². The summed E-state index contributed by atoms with van der Waals surface area (Å²) in [6, 6.07) is -0.247. The normalized spacial score (nSPS) is 29.0. The molecule has 2 atom stereocenters. The third-order valence-corrected chi connectivity index (χ3v) is 5.77. The predicted octanol–water partition coefficient (Wildman–Crippen LogP) is 1.00. The van der Waals surface area contributed by atoms with Gasteiger partial charge in [0.05, 0.1) is 12.7 Å². The number of carbonyl (C=O) groups excluding carboxylic acids is 2. The fourth-order valence-corrected chi connectivity index (χ4v) is 4.17. The quantitative estimate of drug-likeness (QED) is 0.831. The van der Waals surface area contributed by atoms with Gasteiger partial charge in [-0.05, 0) is 19.3 Å². The second-order valence-electron chi connectivity index (χ2n) is 7.40. The molecular weight excluding hydrogens is 306 g/mol. The number of piperazine rings is 1. The van der Waals surface area contributed by atoms with Crippen molar-refractivity contribution in [3.63, 3.8) is 0 Å².